The van der Waals surface area contributed by atoms with Crippen molar-refractivity contribution in [2.45, 2.75) is 20.4 Å². The number of H-pyrrole nitrogens is 1. The molecule has 0 amide bonds. The first-order valence-corrected chi connectivity index (χ1v) is 9.20. The van der Waals surface area contributed by atoms with Crippen LogP contribution in [-0.4, -0.2) is 66.4 Å². The maximum absolute atomic E-state index is 14.1. The van der Waals surface area contributed by atoms with E-state index in [1.54, 1.807) is 18.3 Å². The lowest BCUT2D eigenvalue weighted by molar-refractivity contribution is 0.0161. The molecule has 0 spiro atoms. The van der Waals surface area contributed by atoms with Gasteiger partial charge in [-0.15, -0.1) is 0 Å². The Morgan fingerprint density at radius 1 is 1.27 bits per heavy atom. The Kier molecular flexibility index (Phi) is 6.06. The standard InChI is InChI=1S/C20H29FN4O/c1-20(2,15-25-8-10-26-11-9-25)14-24(3)13-16-12-22-23-19(16)17-6-4-5-7-18(17)21/h4-7,12H,8-11,13-15H2,1-3H3,(H,22,23). The van der Waals surface area contributed by atoms with Gasteiger partial charge in [0.1, 0.15) is 5.82 Å². The molecule has 1 N–H and O–H groups in total. The summed E-state index contributed by atoms with van der Waals surface area (Å²) < 4.78 is 19.6. The molecule has 3 rings (SSSR count). The number of morpholine rings is 1. The van der Waals surface area contributed by atoms with Crippen molar-refractivity contribution >= 4 is 0 Å². The van der Waals surface area contributed by atoms with Crippen molar-refractivity contribution in [1.29, 1.82) is 0 Å². The van der Waals surface area contributed by atoms with Crippen molar-refractivity contribution < 1.29 is 9.13 Å². The maximum atomic E-state index is 14.1. The highest BCUT2D eigenvalue weighted by Crippen LogP contribution is 2.26. The minimum Gasteiger partial charge on any atom is -0.379 e. The number of halogens is 1. The third-order valence-corrected chi connectivity index (χ3v) is 4.75. The van der Waals surface area contributed by atoms with Gasteiger partial charge in [0.15, 0.2) is 0 Å². The summed E-state index contributed by atoms with van der Waals surface area (Å²) in [5, 5.41) is 7.10. The van der Waals surface area contributed by atoms with Gasteiger partial charge in [-0.3, -0.25) is 10.00 Å². The Balaban J connectivity index is 1.62. The molecule has 5 nitrogen and oxygen atoms in total. The Hall–Kier alpha value is -1.76. The highest BCUT2D eigenvalue weighted by molar-refractivity contribution is 5.63. The van der Waals surface area contributed by atoms with Crippen molar-refractivity contribution in [1.82, 2.24) is 20.0 Å². The molecular formula is C20H29FN4O. The van der Waals surface area contributed by atoms with E-state index in [0.29, 0.717) is 5.56 Å². The Bertz CT molecular complexity index is 709. The van der Waals surface area contributed by atoms with Crippen LogP contribution in [0.2, 0.25) is 0 Å². The van der Waals surface area contributed by atoms with Crippen LogP contribution in [-0.2, 0) is 11.3 Å². The van der Waals surface area contributed by atoms with Crippen LogP contribution in [0, 0.1) is 11.2 Å². The number of aromatic amines is 1. The second-order valence-corrected chi connectivity index (χ2v) is 7.98. The van der Waals surface area contributed by atoms with Gasteiger partial charge in [-0.25, -0.2) is 4.39 Å². The second kappa shape index (κ2) is 8.29. The molecule has 1 aromatic carbocycles. The fraction of sp³-hybridized carbons (Fsp3) is 0.550. The first kappa shape index (κ1) is 19.0. The van der Waals surface area contributed by atoms with Gasteiger partial charge in [0.25, 0.3) is 0 Å². The van der Waals surface area contributed by atoms with Crippen LogP contribution in [0.5, 0.6) is 0 Å². The molecule has 1 aromatic heterocycles. The van der Waals surface area contributed by atoms with E-state index in [0.717, 1.165) is 57.2 Å². The van der Waals surface area contributed by atoms with Gasteiger partial charge < -0.3 is 9.64 Å². The fourth-order valence-electron chi connectivity index (χ4n) is 3.82. The zero-order chi connectivity index (χ0) is 18.6. The predicted octanol–water partition coefficient (Wildman–Crippen LogP) is 3.01. The summed E-state index contributed by atoms with van der Waals surface area (Å²) in [6, 6.07) is 6.82. The molecule has 1 saturated heterocycles. The molecule has 0 saturated carbocycles. The van der Waals surface area contributed by atoms with Gasteiger partial charge in [0, 0.05) is 43.9 Å². The third-order valence-electron chi connectivity index (χ3n) is 4.75. The maximum Gasteiger partial charge on any atom is 0.132 e. The number of hydrogen-bond donors (Lipinski definition) is 1. The van der Waals surface area contributed by atoms with Crippen molar-refractivity contribution in [3.63, 3.8) is 0 Å². The Morgan fingerprint density at radius 2 is 2.00 bits per heavy atom. The first-order chi connectivity index (χ1) is 12.4. The van der Waals surface area contributed by atoms with Crippen LogP contribution in [0.3, 0.4) is 0 Å². The van der Waals surface area contributed by atoms with Crippen molar-refractivity contribution in [3.05, 3.63) is 41.8 Å². The smallest absolute Gasteiger partial charge is 0.132 e. The summed E-state index contributed by atoms with van der Waals surface area (Å²) in [6.07, 6.45) is 1.80. The molecule has 1 aliphatic rings. The molecule has 1 fully saturated rings. The van der Waals surface area contributed by atoms with Crippen LogP contribution >= 0.6 is 0 Å². The summed E-state index contributed by atoms with van der Waals surface area (Å²) >= 11 is 0. The molecule has 142 valence electrons. The van der Waals surface area contributed by atoms with E-state index in [1.165, 1.54) is 6.07 Å². The molecule has 2 aromatic rings. The zero-order valence-electron chi connectivity index (χ0n) is 16.0. The van der Waals surface area contributed by atoms with Gasteiger partial charge in [0.05, 0.1) is 25.1 Å². The number of benzene rings is 1. The van der Waals surface area contributed by atoms with Crippen LogP contribution in [0.1, 0.15) is 19.4 Å². The lowest BCUT2D eigenvalue weighted by Gasteiger charge is -2.37. The summed E-state index contributed by atoms with van der Waals surface area (Å²) in [7, 11) is 2.11. The van der Waals surface area contributed by atoms with E-state index < -0.39 is 0 Å². The number of nitrogens with one attached hydrogen (secondary N) is 1. The SMILES string of the molecule is CN(Cc1cn[nH]c1-c1ccccc1F)CC(C)(C)CN1CCOCC1. The molecule has 26 heavy (non-hydrogen) atoms. The molecule has 6 heteroatoms. The van der Waals surface area contributed by atoms with E-state index in [1.807, 2.05) is 6.07 Å². The molecular weight excluding hydrogens is 331 g/mol. The number of hydrogen-bond acceptors (Lipinski definition) is 4. The van der Waals surface area contributed by atoms with Crippen LogP contribution in [0.25, 0.3) is 11.3 Å². The van der Waals surface area contributed by atoms with E-state index in [4.69, 9.17) is 4.74 Å². The van der Waals surface area contributed by atoms with Crippen molar-refractivity contribution in [3.8, 4) is 11.3 Å². The highest BCUT2D eigenvalue weighted by atomic mass is 19.1. The minimum atomic E-state index is -0.228. The molecule has 0 atom stereocenters. The van der Waals surface area contributed by atoms with Gasteiger partial charge >= 0.3 is 0 Å². The summed E-state index contributed by atoms with van der Waals surface area (Å²) in [4.78, 5) is 4.76. The normalized spacial score (nSPS) is 16.3. The van der Waals surface area contributed by atoms with Crippen molar-refractivity contribution in [2.75, 3.05) is 46.4 Å². The Morgan fingerprint density at radius 3 is 2.73 bits per heavy atom. The fourth-order valence-corrected chi connectivity index (χ4v) is 3.82. The minimum absolute atomic E-state index is 0.161. The molecule has 0 bridgehead atoms. The zero-order valence-corrected chi connectivity index (χ0v) is 16.0. The van der Waals surface area contributed by atoms with E-state index in [9.17, 15) is 4.39 Å². The van der Waals surface area contributed by atoms with Gasteiger partial charge in [-0.05, 0) is 24.6 Å². The topological polar surface area (TPSA) is 44.4 Å². The molecule has 1 aliphatic heterocycles. The van der Waals surface area contributed by atoms with Crippen LogP contribution in [0.15, 0.2) is 30.5 Å². The number of rotatable bonds is 7. The van der Waals surface area contributed by atoms with E-state index in [-0.39, 0.29) is 11.2 Å². The number of ether oxygens (including phenoxy) is 1. The molecule has 2 heterocycles. The summed E-state index contributed by atoms with van der Waals surface area (Å²) in [6.45, 7) is 11.0. The number of aromatic nitrogens is 2. The average Bonchev–Trinajstić information content (AvgIpc) is 3.03. The van der Waals surface area contributed by atoms with Gasteiger partial charge in [-0.2, -0.15) is 5.10 Å². The Labute approximate surface area is 155 Å². The average molecular weight is 360 g/mol. The van der Waals surface area contributed by atoms with E-state index in [2.05, 4.69) is 40.9 Å². The van der Waals surface area contributed by atoms with Gasteiger partial charge in [-0.1, -0.05) is 26.0 Å². The van der Waals surface area contributed by atoms with Gasteiger partial charge in [0.2, 0.25) is 0 Å². The molecule has 0 radical (unpaired) electrons. The summed E-state index contributed by atoms with van der Waals surface area (Å²) in [5.74, 6) is -0.228. The monoisotopic (exact) mass is 360 g/mol. The summed E-state index contributed by atoms with van der Waals surface area (Å²) in [5.41, 5.74) is 2.51. The van der Waals surface area contributed by atoms with E-state index >= 15 is 0 Å². The lowest BCUT2D eigenvalue weighted by atomic mass is 9.91. The number of nitrogens with zero attached hydrogens (tertiary/aromatic N) is 3. The first-order valence-electron chi connectivity index (χ1n) is 9.20. The predicted molar refractivity (Wildman–Crippen MR) is 101 cm³/mol. The second-order valence-electron chi connectivity index (χ2n) is 7.98. The third kappa shape index (κ3) is 4.90. The molecule has 0 unspecified atom stereocenters. The highest BCUT2D eigenvalue weighted by Gasteiger charge is 2.25. The largest absolute Gasteiger partial charge is 0.379 e. The molecule has 0 aliphatic carbocycles. The van der Waals surface area contributed by atoms with Crippen LogP contribution in [0.4, 0.5) is 4.39 Å². The van der Waals surface area contributed by atoms with Crippen LogP contribution < -0.4 is 0 Å². The van der Waals surface area contributed by atoms with Crippen molar-refractivity contribution in [2.24, 2.45) is 5.41 Å². The lowest BCUT2D eigenvalue weighted by Crippen LogP contribution is -2.45. The quantitative estimate of drug-likeness (QED) is 0.824.